The molecule has 11 heteroatoms. The molecule has 5 rings (SSSR count). The molecule has 3 aliphatic heterocycles. The Balaban J connectivity index is 1.28. The summed E-state index contributed by atoms with van der Waals surface area (Å²) >= 11 is 7.99. The van der Waals surface area contributed by atoms with Gasteiger partial charge in [-0.05, 0) is 37.7 Å². The fourth-order valence-electron chi connectivity index (χ4n) is 5.38. The minimum Gasteiger partial charge on any atom is -0.396 e. The third-order valence-electron chi connectivity index (χ3n) is 7.49. The van der Waals surface area contributed by atoms with E-state index < -0.39 is 12.1 Å². The average Bonchev–Trinajstić information content (AvgIpc) is 3.21. The Kier molecular flexibility index (Phi) is 7.11. The summed E-state index contributed by atoms with van der Waals surface area (Å²) in [6.45, 7) is 4.46. The highest BCUT2D eigenvalue weighted by atomic mass is 35.5. The summed E-state index contributed by atoms with van der Waals surface area (Å²) in [5, 5.41) is 20.6. The quantitative estimate of drug-likeness (QED) is 0.566. The molecule has 3 saturated heterocycles. The van der Waals surface area contributed by atoms with Crippen molar-refractivity contribution >= 4 is 35.0 Å². The molecule has 1 spiro atoms. The van der Waals surface area contributed by atoms with Crippen molar-refractivity contribution in [1.29, 1.82) is 0 Å². The van der Waals surface area contributed by atoms with E-state index in [2.05, 4.69) is 26.8 Å². The molecule has 3 fully saturated rings. The van der Waals surface area contributed by atoms with Crippen molar-refractivity contribution in [1.82, 2.24) is 15.0 Å². The first-order chi connectivity index (χ1) is 16.9. The number of aliphatic hydroxyl groups excluding tert-OH is 2. The predicted octanol–water partition coefficient (Wildman–Crippen LogP) is 3.33. The van der Waals surface area contributed by atoms with Crippen molar-refractivity contribution < 1.29 is 19.3 Å². The standard InChI is InChI=1S/C24H31ClFN5O3S/c1-16-8-23(15-34-16)3-6-30(7-4-23)21-17(10-32)29-19(9-28-21)35-18-2-5-27-22(20(18)25)31-12-24(11-26,13-31)14-33/h2,5,9,16,32-33H,3-4,6-8,10-15H2,1H3/t16-/m0/s1. The van der Waals surface area contributed by atoms with Gasteiger partial charge in [-0.3, -0.25) is 4.39 Å². The zero-order chi connectivity index (χ0) is 24.6. The molecular formula is C24H31ClFN5O3S. The molecule has 0 radical (unpaired) electrons. The van der Waals surface area contributed by atoms with Gasteiger partial charge in [0.25, 0.3) is 0 Å². The van der Waals surface area contributed by atoms with Crippen LogP contribution in [0.25, 0.3) is 0 Å². The molecule has 190 valence electrons. The van der Waals surface area contributed by atoms with Crippen LogP contribution in [0.1, 0.15) is 31.9 Å². The Bertz CT molecular complexity index is 1060. The number of nitrogens with zero attached hydrogens (tertiary/aromatic N) is 5. The van der Waals surface area contributed by atoms with Crippen LogP contribution >= 0.6 is 23.4 Å². The smallest absolute Gasteiger partial charge is 0.152 e. The molecule has 0 unspecified atom stereocenters. The summed E-state index contributed by atoms with van der Waals surface area (Å²) in [6.07, 6.45) is 6.90. The lowest BCUT2D eigenvalue weighted by molar-refractivity contribution is 0.0644. The number of hydrogen-bond acceptors (Lipinski definition) is 9. The van der Waals surface area contributed by atoms with Crippen molar-refractivity contribution in [2.45, 2.75) is 48.8 Å². The van der Waals surface area contributed by atoms with Gasteiger partial charge in [0.1, 0.15) is 23.2 Å². The van der Waals surface area contributed by atoms with Crippen LogP contribution in [0, 0.1) is 10.8 Å². The van der Waals surface area contributed by atoms with Gasteiger partial charge in [-0.15, -0.1) is 0 Å². The van der Waals surface area contributed by atoms with Crippen molar-refractivity contribution in [3.05, 3.63) is 29.2 Å². The van der Waals surface area contributed by atoms with E-state index in [1.165, 1.54) is 11.8 Å². The molecule has 3 aliphatic rings. The van der Waals surface area contributed by atoms with Gasteiger partial charge in [-0.1, -0.05) is 23.4 Å². The number of hydrogen-bond donors (Lipinski definition) is 2. The second-order valence-corrected chi connectivity index (χ2v) is 11.6. The lowest BCUT2D eigenvalue weighted by Gasteiger charge is -2.48. The number of ether oxygens (including phenoxy) is 1. The summed E-state index contributed by atoms with van der Waals surface area (Å²) in [5.41, 5.74) is 0.0832. The molecule has 2 aromatic heterocycles. The topological polar surface area (TPSA) is 94.8 Å². The third kappa shape index (κ3) is 4.83. The number of aliphatic hydroxyl groups is 2. The molecule has 2 N–H and O–H groups in total. The van der Waals surface area contributed by atoms with Gasteiger partial charge in [0, 0.05) is 37.3 Å². The van der Waals surface area contributed by atoms with Gasteiger partial charge < -0.3 is 24.7 Å². The van der Waals surface area contributed by atoms with E-state index in [0.717, 1.165) is 49.7 Å². The molecule has 0 aliphatic carbocycles. The fourth-order valence-corrected chi connectivity index (χ4v) is 6.52. The van der Waals surface area contributed by atoms with E-state index in [4.69, 9.17) is 16.3 Å². The Labute approximate surface area is 213 Å². The van der Waals surface area contributed by atoms with E-state index in [-0.39, 0.29) is 18.6 Å². The van der Waals surface area contributed by atoms with Crippen LogP contribution < -0.4 is 9.80 Å². The van der Waals surface area contributed by atoms with Crippen molar-refractivity contribution in [3.8, 4) is 0 Å². The van der Waals surface area contributed by atoms with Gasteiger partial charge in [-0.25, -0.2) is 15.0 Å². The van der Waals surface area contributed by atoms with Gasteiger partial charge in [-0.2, -0.15) is 0 Å². The minimum absolute atomic E-state index is 0.200. The van der Waals surface area contributed by atoms with Gasteiger partial charge in [0.05, 0.1) is 42.6 Å². The molecule has 0 bridgehead atoms. The molecular weight excluding hydrogens is 493 g/mol. The van der Waals surface area contributed by atoms with Crippen LogP contribution in [0.15, 0.2) is 28.4 Å². The Morgan fingerprint density at radius 3 is 2.60 bits per heavy atom. The van der Waals surface area contributed by atoms with Crippen LogP contribution in [0.3, 0.4) is 0 Å². The number of rotatable bonds is 7. The SMILES string of the molecule is C[C@H]1CC2(CCN(c3ncc(Sc4ccnc(N5CC(CO)(CF)C5)c4Cl)nc3CO)CC2)CO1. The number of aromatic nitrogens is 3. The number of anilines is 2. The predicted molar refractivity (Wildman–Crippen MR) is 133 cm³/mol. The first-order valence-electron chi connectivity index (χ1n) is 12.0. The van der Waals surface area contributed by atoms with Crippen LogP contribution in [-0.4, -0.2) is 77.3 Å². The Hall–Kier alpha value is -1.72. The maximum absolute atomic E-state index is 13.3. The molecule has 0 amide bonds. The molecule has 8 nitrogen and oxygen atoms in total. The maximum atomic E-state index is 13.3. The summed E-state index contributed by atoms with van der Waals surface area (Å²) in [4.78, 5) is 18.5. The van der Waals surface area contributed by atoms with E-state index in [0.29, 0.717) is 40.8 Å². The summed E-state index contributed by atoms with van der Waals surface area (Å²) in [6, 6.07) is 1.80. The molecule has 2 aromatic rings. The highest BCUT2D eigenvalue weighted by Gasteiger charge is 2.44. The van der Waals surface area contributed by atoms with Crippen molar-refractivity contribution in [3.63, 3.8) is 0 Å². The minimum atomic E-state index is -0.734. The average molecular weight is 524 g/mol. The first-order valence-corrected chi connectivity index (χ1v) is 13.2. The fraction of sp³-hybridized carbons (Fsp3) is 0.625. The third-order valence-corrected chi connectivity index (χ3v) is 8.94. The number of piperidine rings is 1. The molecule has 0 saturated carbocycles. The molecule has 1 atom stereocenters. The van der Waals surface area contributed by atoms with Crippen LogP contribution in [0.4, 0.5) is 16.0 Å². The van der Waals surface area contributed by atoms with Crippen molar-refractivity contribution in [2.24, 2.45) is 10.8 Å². The highest BCUT2D eigenvalue weighted by Crippen LogP contribution is 2.44. The van der Waals surface area contributed by atoms with Gasteiger partial charge >= 0.3 is 0 Å². The highest BCUT2D eigenvalue weighted by molar-refractivity contribution is 7.99. The van der Waals surface area contributed by atoms with Crippen LogP contribution in [-0.2, 0) is 11.3 Å². The van der Waals surface area contributed by atoms with Crippen molar-refractivity contribution in [2.75, 3.05) is 55.9 Å². The van der Waals surface area contributed by atoms with E-state index >= 15 is 0 Å². The molecule has 5 heterocycles. The van der Waals surface area contributed by atoms with Crippen LogP contribution in [0.5, 0.6) is 0 Å². The monoisotopic (exact) mass is 523 g/mol. The van der Waals surface area contributed by atoms with Gasteiger partial charge in [0.15, 0.2) is 5.82 Å². The lowest BCUT2D eigenvalue weighted by atomic mass is 9.77. The Morgan fingerprint density at radius 2 is 1.97 bits per heavy atom. The second-order valence-electron chi connectivity index (χ2n) is 10.1. The normalized spacial score (nSPS) is 23.1. The van der Waals surface area contributed by atoms with Gasteiger partial charge in [0.2, 0.25) is 0 Å². The number of halogens is 2. The zero-order valence-electron chi connectivity index (χ0n) is 19.8. The molecule has 0 aromatic carbocycles. The second kappa shape index (κ2) is 9.97. The summed E-state index contributed by atoms with van der Waals surface area (Å²) in [7, 11) is 0. The molecule has 35 heavy (non-hydrogen) atoms. The van der Waals surface area contributed by atoms with E-state index in [9.17, 15) is 14.6 Å². The maximum Gasteiger partial charge on any atom is 0.152 e. The first kappa shape index (κ1) is 25.0. The number of pyridine rings is 1. The summed E-state index contributed by atoms with van der Waals surface area (Å²) in [5.74, 6) is 1.29. The van der Waals surface area contributed by atoms with Crippen LogP contribution in [0.2, 0.25) is 5.02 Å². The Morgan fingerprint density at radius 1 is 1.20 bits per heavy atom. The lowest BCUT2D eigenvalue weighted by Crippen LogP contribution is -2.60. The zero-order valence-corrected chi connectivity index (χ0v) is 21.4. The van der Waals surface area contributed by atoms with E-state index in [1.807, 2.05) is 4.90 Å². The largest absolute Gasteiger partial charge is 0.396 e. The van der Waals surface area contributed by atoms with E-state index in [1.54, 1.807) is 18.5 Å². The number of alkyl halides is 1. The summed E-state index contributed by atoms with van der Waals surface area (Å²) < 4.78 is 19.1.